The highest BCUT2D eigenvalue weighted by atomic mass is 32.1. The lowest BCUT2D eigenvalue weighted by atomic mass is 10.2. The molecule has 0 aliphatic rings. The first-order valence-electron chi connectivity index (χ1n) is 7.80. The number of carbonyl (C=O) groups is 1. The third-order valence-electron chi connectivity index (χ3n) is 3.58. The van der Waals surface area contributed by atoms with Crippen LogP contribution in [0.5, 0.6) is 0 Å². The molecule has 5 nitrogen and oxygen atoms in total. The van der Waals surface area contributed by atoms with Crippen LogP contribution in [0.2, 0.25) is 0 Å². The van der Waals surface area contributed by atoms with Crippen LogP contribution in [-0.2, 0) is 0 Å². The molecule has 3 aromatic rings. The van der Waals surface area contributed by atoms with Gasteiger partial charge in [-0.2, -0.15) is 0 Å². The first-order valence-corrected chi connectivity index (χ1v) is 8.21. The fourth-order valence-corrected chi connectivity index (χ4v) is 2.52. The molecule has 0 bridgehead atoms. The minimum Gasteiger partial charge on any atom is -0.459 e. The van der Waals surface area contributed by atoms with Gasteiger partial charge in [0.05, 0.1) is 6.26 Å². The molecule has 0 saturated heterocycles. The summed E-state index contributed by atoms with van der Waals surface area (Å²) < 4.78 is 18.2. The molecule has 3 N–H and O–H groups in total. The molecule has 3 rings (SSSR count). The Labute approximate surface area is 155 Å². The molecule has 1 amide bonds. The number of carbonyl (C=O) groups excluding carboxylic acids is 1. The summed E-state index contributed by atoms with van der Waals surface area (Å²) in [7, 11) is 0. The highest BCUT2D eigenvalue weighted by molar-refractivity contribution is 7.80. The van der Waals surface area contributed by atoms with Gasteiger partial charge in [-0.25, -0.2) is 4.39 Å². The van der Waals surface area contributed by atoms with Crippen molar-refractivity contribution in [1.82, 2.24) is 0 Å². The topological polar surface area (TPSA) is 66.3 Å². The molecule has 0 unspecified atom stereocenters. The van der Waals surface area contributed by atoms with E-state index >= 15 is 0 Å². The number of furan rings is 1. The maximum absolute atomic E-state index is 13.1. The maximum atomic E-state index is 13.1. The van der Waals surface area contributed by atoms with Gasteiger partial charge < -0.3 is 20.4 Å². The number of amides is 1. The normalized spacial score (nSPS) is 10.2. The second kappa shape index (κ2) is 7.79. The Morgan fingerprint density at radius 1 is 1.00 bits per heavy atom. The number of hydrogen-bond acceptors (Lipinski definition) is 3. The van der Waals surface area contributed by atoms with Gasteiger partial charge in [0.15, 0.2) is 10.9 Å². The van der Waals surface area contributed by atoms with E-state index in [4.69, 9.17) is 16.6 Å². The van der Waals surface area contributed by atoms with Gasteiger partial charge in [0.1, 0.15) is 5.82 Å². The van der Waals surface area contributed by atoms with Crippen molar-refractivity contribution in [2.45, 2.75) is 6.92 Å². The Morgan fingerprint density at radius 2 is 1.69 bits per heavy atom. The summed E-state index contributed by atoms with van der Waals surface area (Å²) in [6.45, 7) is 1.80. The van der Waals surface area contributed by atoms with Crippen molar-refractivity contribution < 1.29 is 13.6 Å². The molecule has 0 radical (unpaired) electrons. The lowest BCUT2D eigenvalue weighted by Gasteiger charge is -2.13. The first-order chi connectivity index (χ1) is 12.5. The summed E-state index contributed by atoms with van der Waals surface area (Å²) in [4.78, 5) is 11.9. The summed E-state index contributed by atoms with van der Waals surface area (Å²) in [5, 5.41) is 9.17. The number of nitrogens with one attached hydrogen (secondary N) is 3. The quantitative estimate of drug-likeness (QED) is 0.577. The van der Waals surface area contributed by atoms with Gasteiger partial charge in [0, 0.05) is 17.1 Å². The number of rotatable bonds is 4. The highest BCUT2D eigenvalue weighted by Crippen LogP contribution is 2.18. The van der Waals surface area contributed by atoms with Gasteiger partial charge >= 0.3 is 0 Å². The Morgan fingerprint density at radius 3 is 2.31 bits per heavy atom. The van der Waals surface area contributed by atoms with Crippen LogP contribution in [0.15, 0.2) is 65.3 Å². The molecule has 0 atom stereocenters. The molecule has 0 spiro atoms. The van der Waals surface area contributed by atoms with Crippen LogP contribution in [0.3, 0.4) is 0 Å². The largest absolute Gasteiger partial charge is 0.459 e. The molecule has 0 saturated carbocycles. The molecular weight excluding hydrogens is 353 g/mol. The zero-order chi connectivity index (χ0) is 18.5. The van der Waals surface area contributed by atoms with E-state index in [1.54, 1.807) is 49.4 Å². The Bertz CT molecular complexity index is 924. The zero-order valence-corrected chi connectivity index (χ0v) is 14.7. The average molecular weight is 369 g/mol. The summed E-state index contributed by atoms with van der Waals surface area (Å²) in [5.41, 5.74) is 2.86. The van der Waals surface area contributed by atoms with E-state index in [0.29, 0.717) is 10.8 Å². The van der Waals surface area contributed by atoms with E-state index in [2.05, 4.69) is 16.0 Å². The number of hydrogen-bond donors (Lipinski definition) is 3. The van der Waals surface area contributed by atoms with Crippen LogP contribution >= 0.6 is 12.2 Å². The van der Waals surface area contributed by atoms with Crippen molar-refractivity contribution in [3.8, 4) is 0 Å². The predicted octanol–water partition coefficient (Wildman–Crippen LogP) is 4.79. The number of thiocarbonyl (C=S) groups is 1. The standard InChI is InChI=1S/C19H16FN3O2S/c1-12-11-13(20)4-9-16(12)23-19(26)22-15-7-5-14(6-8-15)21-18(24)17-3-2-10-25-17/h2-11H,1H3,(H,21,24)(H2,22,23,26). The van der Waals surface area contributed by atoms with Crippen LogP contribution < -0.4 is 16.0 Å². The van der Waals surface area contributed by atoms with Crippen LogP contribution in [0.1, 0.15) is 16.1 Å². The molecule has 0 aliphatic carbocycles. The molecule has 26 heavy (non-hydrogen) atoms. The second-order valence-electron chi connectivity index (χ2n) is 5.55. The molecule has 132 valence electrons. The summed E-state index contributed by atoms with van der Waals surface area (Å²) in [5.74, 6) is -0.369. The third-order valence-corrected chi connectivity index (χ3v) is 3.79. The number of halogens is 1. The van der Waals surface area contributed by atoms with Crippen LogP contribution in [-0.4, -0.2) is 11.0 Å². The average Bonchev–Trinajstić information content (AvgIpc) is 3.14. The molecule has 0 fully saturated rings. The monoisotopic (exact) mass is 369 g/mol. The lowest BCUT2D eigenvalue weighted by Crippen LogP contribution is -2.19. The van der Waals surface area contributed by atoms with Gasteiger partial charge in [0.25, 0.3) is 5.91 Å². The van der Waals surface area contributed by atoms with E-state index in [1.807, 2.05) is 0 Å². The van der Waals surface area contributed by atoms with Crippen molar-refractivity contribution in [2.75, 3.05) is 16.0 Å². The molecule has 1 heterocycles. The minimum atomic E-state index is -0.320. The van der Waals surface area contributed by atoms with E-state index < -0.39 is 0 Å². The smallest absolute Gasteiger partial charge is 0.291 e. The number of aryl methyl sites for hydroxylation is 1. The Kier molecular flexibility index (Phi) is 5.28. The third kappa shape index (κ3) is 4.46. The molecule has 0 aliphatic heterocycles. The van der Waals surface area contributed by atoms with E-state index in [0.717, 1.165) is 16.9 Å². The summed E-state index contributed by atoms with van der Waals surface area (Å²) in [6, 6.07) is 14.7. The second-order valence-corrected chi connectivity index (χ2v) is 5.96. The molecule has 1 aromatic heterocycles. The van der Waals surface area contributed by atoms with Crippen molar-refractivity contribution in [2.24, 2.45) is 0 Å². The first kappa shape index (κ1) is 17.6. The molecule has 7 heteroatoms. The Balaban J connectivity index is 1.58. The van der Waals surface area contributed by atoms with Crippen LogP contribution in [0.4, 0.5) is 21.5 Å². The van der Waals surface area contributed by atoms with Crippen molar-refractivity contribution in [3.63, 3.8) is 0 Å². The van der Waals surface area contributed by atoms with E-state index in [-0.39, 0.29) is 17.5 Å². The SMILES string of the molecule is Cc1cc(F)ccc1NC(=S)Nc1ccc(NC(=O)c2ccco2)cc1. The lowest BCUT2D eigenvalue weighted by molar-refractivity contribution is 0.0996. The number of anilines is 3. The van der Waals surface area contributed by atoms with Gasteiger partial charge in [-0.3, -0.25) is 4.79 Å². The van der Waals surface area contributed by atoms with Crippen molar-refractivity contribution >= 4 is 40.3 Å². The van der Waals surface area contributed by atoms with Crippen molar-refractivity contribution in [3.05, 3.63) is 78.0 Å². The maximum Gasteiger partial charge on any atom is 0.291 e. The Hall–Kier alpha value is -3.19. The van der Waals surface area contributed by atoms with Gasteiger partial charge in [0.2, 0.25) is 0 Å². The number of benzene rings is 2. The highest BCUT2D eigenvalue weighted by Gasteiger charge is 2.08. The zero-order valence-electron chi connectivity index (χ0n) is 13.9. The van der Waals surface area contributed by atoms with Gasteiger partial charge in [-0.15, -0.1) is 0 Å². The minimum absolute atomic E-state index is 0.243. The fourth-order valence-electron chi connectivity index (χ4n) is 2.29. The van der Waals surface area contributed by atoms with E-state index in [1.165, 1.54) is 18.4 Å². The van der Waals surface area contributed by atoms with E-state index in [9.17, 15) is 9.18 Å². The summed E-state index contributed by atoms with van der Waals surface area (Å²) >= 11 is 5.27. The fraction of sp³-hybridized carbons (Fsp3) is 0.0526. The van der Waals surface area contributed by atoms with Crippen LogP contribution in [0.25, 0.3) is 0 Å². The van der Waals surface area contributed by atoms with Gasteiger partial charge in [-0.05, 0) is 79.3 Å². The van der Waals surface area contributed by atoms with Crippen LogP contribution in [0, 0.1) is 12.7 Å². The summed E-state index contributed by atoms with van der Waals surface area (Å²) in [6.07, 6.45) is 1.44. The molecule has 2 aromatic carbocycles. The van der Waals surface area contributed by atoms with Gasteiger partial charge in [-0.1, -0.05) is 0 Å². The molecular formula is C19H16FN3O2S. The van der Waals surface area contributed by atoms with Crippen molar-refractivity contribution in [1.29, 1.82) is 0 Å². The predicted molar refractivity (Wildman–Crippen MR) is 104 cm³/mol.